The molecule has 1 saturated heterocycles. The average molecular weight is 305 g/mol. The molecular weight excluding hydrogens is 274 g/mol. The Kier molecular flexibility index (Phi) is 5.31. The van der Waals surface area contributed by atoms with Gasteiger partial charge in [-0.2, -0.15) is 0 Å². The van der Waals surface area contributed by atoms with Gasteiger partial charge in [-0.25, -0.2) is 0 Å². The molecule has 0 aliphatic carbocycles. The van der Waals surface area contributed by atoms with E-state index in [1.54, 1.807) is 0 Å². The van der Waals surface area contributed by atoms with Crippen LogP contribution in [0.5, 0.6) is 0 Å². The van der Waals surface area contributed by atoms with Crippen LogP contribution < -0.4 is 5.32 Å². The van der Waals surface area contributed by atoms with E-state index in [4.69, 9.17) is 4.74 Å². The van der Waals surface area contributed by atoms with E-state index < -0.39 is 0 Å². The summed E-state index contributed by atoms with van der Waals surface area (Å²) in [6, 6.07) is 10.8. The van der Waals surface area contributed by atoms with E-state index in [9.17, 15) is 5.11 Å². The minimum Gasteiger partial charge on any atom is -0.393 e. The molecule has 3 nitrogen and oxygen atoms in total. The first-order valence-electron chi connectivity index (χ1n) is 8.36. The molecule has 3 unspecified atom stereocenters. The summed E-state index contributed by atoms with van der Waals surface area (Å²) in [6.45, 7) is 11.4. The van der Waals surface area contributed by atoms with E-state index in [1.165, 1.54) is 5.56 Å². The zero-order chi connectivity index (χ0) is 16.4. The zero-order valence-electron chi connectivity index (χ0n) is 14.6. The molecule has 1 aromatic carbocycles. The third kappa shape index (κ3) is 4.55. The molecule has 1 heterocycles. The van der Waals surface area contributed by atoms with E-state index in [0.29, 0.717) is 12.0 Å². The number of ether oxygens (including phenoxy) is 1. The molecule has 124 valence electrons. The maximum atomic E-state index is 9.81. The fraction of sp³-hybridized carbons (Fsp3) is 0.684. The monoisotopic (exact) mass is 305 g/mol. The molecule has 1 aliphatic rings. The number of nitrogens with one attached hydrogen (secondary N) is 1. The summed E-state index contributed by atoms with van der Waals surface area (Å²) in [5, 5.41) is 13.5. The predicted molar refractivity (Wildman–Crippen MR) is 91.1 cm³/mol. The summed E-state index contributed by atoms with van der Waals surface area (Å²) in [5.74, 6) is 0.320. The standard InChI is InChI=1S/C19H31NO2/c1-14(21)11-16(15-9-7-6-8-10-15)13-20-17-12-18(2,3)22-19(17,4)5/h6-10,14,16-17,20-21H,11-13H2,1-5H3. The molecule has 2 N–H and O–H groups in total. The Hall–Kier alpha value is -0.900. The van der Waals surface area contributed by atoms with Crippen molar-refractivity contribution in [2.24, 2.45) is 0 Å². The van der Waals surface area contributed by atoms with Crippen molar-refractivity contribution >= 4 is 0 Å². The molecule has 0 aromatic heterocycles. The van der Waals surface area contributed by atoms with Crippen molar-refractivity contribution in [3.63, 3.8) is 0 Å². The molecule has 0 bridgehead atoms. The summed E-state index contributed by atoms with van der Waals surface area (Å²) in [5.41, 5.74) is 1.05. The largest absolute Gasteiger partial charge is 0.393 e. The van der Waals surface area contributed by atoms with Gasteiger partial charge >= 0.3 is 0 Å². The van der Waals surface area contributed by atoms with Crippen LogP contribution in [0.2, 0.25) is 0 Å². The maximum absolute atomic E-state index is 9.81. The highest BCUT2D eigenvalue weighted by Gasteiger charge is 2.45. The summed E-state index contributed by atoms with van der Waals surface area (Å²) < 4.78 is 6.16. The predicted octanol–water partition coefficient (Wildman–Crippen LogP) is 3.48. The summed E-state index contributed by atoms with van der Waals surface area (Å²) in [4.78, 5) is 0. The van der Waals surface area contributed by atoms with Crippen LogP contribution in [0, 0.1) is 0 Å². The van der Waals surface area contributed by atoms with Crippen molar-refractivity contribution in [2.45, 2.75) is 76.7 Å². The lowest BCUT2D eigenvalue weighted by Gasteiger charge is -2.29. The number of aliphatic hydroxyl groups is 1. The average Bonchev–Trinajstić information content (AvgIpc) is 2.62. The molecule has 0 radical (unpaired) electrons. The van der Waals surface area contributed by atoms with Crippen molar-refractivity contribution in [3.05, 3.63) is 35.9 Å². The van der Waals surface area contributed by atoms with Gasteiger partial charge in [0.1, 0.15) is 0 Å². The Balaban J connectivity index is 2.03. The molecule has 0 saturated carbocycles. The van der Waals surface area contributed by atoms with E-state index in [2.05, 4.69) is 57.3 Å². The Morgan fingerprint density at radius 3 is 2.36 bits per heavy atom. The summed E-state index contributed by atoms with van der Waals surface area (Å²) >= 11 is 0. The Morgan fingerprint density at radius 2 is 1.86 bits per heavy atom. The van der Waals surface area contributed by atoms with Crippen molar-refractivity contribution in [3.8, 4) is 0 Å². The second-order valence-corrected chi connectivity index (χ2v) is 7.82. The summed E-state index contributed by atoms with van der Waals surface area (Å²) in [6.07, 6.45) is 1.49. The van der Waals surface area contributed by atoms with Gasteiger partial charge in [0, 0.05) is 12.6 Å². The van der Waals surface area contributed by atoms with Crippen LogP contribution in [-0.2, 0) is 4.74 Å². The first kappa shape index (κ1) is 17.5. The van der Waals surface area contributed by atoms with Gasteiger partial charge in [-0.1, -0.05) is 30.3 Å². The van der Waals surface area contributed by atoms with Crippen LogP contribution in [0.4, 0.5) is 0 Å². The lowest BCUT2D eigenvalue weighted by atomic mass is 9.90. The van der Waals surface area contributed by atoms with Gasteiger partial charge in [-0.3, -0.25) is 0 Å². The zero-order valence-corrected chi connectivity index (χ0v) is 14.6. The molecule has 0 spiro atoms. The fourth-order valence-corrected chi connectivity index (χ4v) is 3.64. The van der Waals surface area contributed by atoms with Gasteiger partial charge in [0.25, 0.3) is 0 Å². The maximum Gasteiger partial charge on any atom is 0.0787 e. The number of aliphatic hydroxyl groups excluding tert-OH is 1. The van der Waals surface area contributed by atoms with Gasteiger partial charge in [0.05, 0.1) is 17.3 Å². The smallest absolute Gasteiger partial charge is 0.0787 e. The van der Waals surface area contributed by atoms with Crippen LogP contribution >= 0.6 is 0 Å². The van der Waals surface area contributed by atoms with Crippen LogP contribution in [0.15, 0.2) is 30.3 Å². The highest BCUT2D eigenvalue weighted by atomic mass is 16.5. The Labute approximate surface area is 135 Å². The number of hydrogen-bond acceptors (Lipinski definition) is 3. The van der Waals surface area contributed by atoms with Crippen LogP contribution in [0.1, 0.15) is 58.9 Å². The van der Waals surface area contributed by atoms with E-state index in [-0.39, 0.29) is 17.3 Å². The minimum absolute atomic E-state index is 0.0757. The first-order valence-corrected chi connectivity index (χ1v) is 8.36. The Morgan fingerprint density at radius 1 is 1.23 bits per heavy atom. The Bertz CT molecular complexity index is 468. The van der Waals surface area contributed by atoms with Gasteiger partial charge in [0.15, 0.2) is 0 Å². The molecule has 1 fully saturated rings. The van der Waals surface area contributed by atoms with Gasteiger partial charge < -0.3 is 15.2 Å². The second kappa shape index (κ2) is 6.69. The molecule has 0 amide bonds. The van der Waals surface area contributed by atoms with E-state index in [1.807, 2.05) is 13.0 Å². The summed E-state index contributed by atoms with van der Waals surface area (Å²) in [7, 11) is 0. The first-order chi connectivity index (χ1) is 10.2. The molecule has 2 rings (SSSR count). The molecule has 1 aromatic rings. The van der Waals surface area contributed by atoms with Crippen LogP contribution in [-0.4, -0.2) is 35.0 Å². The van der Waals surface area contributed by atoms with Crippen LogP contribution in [0.25, 0.3) is 0 Å². The third-order valence-electron chi connectivity index (χ3n) is 4.58. The minimum atomic E-state index is -0.295. The number of rotatable bonds is 6. The van der Waals surface area contributed by atoms with Crippen molar-refractivity contribution in [1.29, 1.82) is 0 Å². The van der Waals surface area contributed by atoms with Crippen molar-refractivity contribution in [2.75, 3.05) is 6.54 Å². The van der Waals surface area contributed by atoms with E-state index >= 15 is 0 Å². The molecule has 1 aliphatic heterocycles. The van der Waals surface area contributed by atoms with Gasteiger partial charge in [-0.15, -0.1) is 0 Å². The van der Waals surface area contributed by atoms with Gasteiger partial charge in [0.2, 0.25) is 0 Å². The third-order valence-corrected chi connectivity index (χ3v) is 4.58. The fourth-order valence-electron chi connectivity index (χ4n) is 3.64. The van der Waals surface area contributed by atoms with Gasteiger partial charge in [-0.05, 0) is 58.9 Å². The molecule has 3 atom stereocenters. The van der Waals surface area contributed by atoms with Crippen molar-refractivity contribution in [1.82, 2.24) is 5.32 Å². The molecular formula is C19H31NO2. The lowest BCUT2D eigenvalue weighted by Crippen LogP contribution is -2.45. The second-order valence-electron chi connectivity index (χ2n) is 7.82. The quantitative estimate of drug-likeness (QED) is 0.845. The lowest BCUT2D eigenvalue weighted by molar-refractivity contribution is -0.0698. The topological polar surface area (TPSA) is 41.5 Å². The van der Waals surface area contributed by atoms with E-state index in [0.717, 1.165) is 19.4 Å². The number of hydrogen-bond donors (Lipinski definition) is 2. The highest BCUT2D eigenvalue weighted by Crippen LogP contribution is 2.37. The number of benzene rings is 1. The highest BCUT2D eigenvalue weighted by molar-refractivity contribution is 5.20. The SMILES string of the molecule is CC(O)CC(CNC1CC(C)(C)OC1(C)C)c1ccccc1. The molecule has 3 heteroatoms. The molecule has 22 heavy (non-hydrogen) atoms. The normalized spacial score (nSPS) is 25.8. The van der Waals surface area contributed by atoms with Crippen LogP contribution in [0.3, 0.4) is 0 Å². The van der Waals surface area contributed by atoms with Crippen molar-refractivity contribution < 1.29 is 9.84 Å².